The van der Waals surface area contributed by atoms with E-state index >= 15 is 0 Å². The third kappa shape index (κ3) is 4.67. The van der Waals surface area contributed by atoms with Gasteiger partial charge in [0, 0.05) is 16.5 Å². The van der Waals surface area contributed by atoms with Crippen LogP contribution >= 0.6 is 0 Å². The first-order valence-electron chi connectivity index (χ1n) is 12.1. The molecule has 2 aliphatic carbocycles. The van der Waals surface area contributed by atoms with Crippen LogP contribution < -0.4 is 0 Å². The van der Waals surface area contributed by atoms with Gasteiger partial charge in [-0.15, -0.1) is 0 Å². The number of hydrogen-bond acceptors (Lipinski definition) is 6. The maximum Gasteiger partial charge on any atom is 0.126 e. The Balaban J connectivity index is 1.23. The van der Waals surface area contributed by atoms with Crippen molar-refractivity contribution in [2.45, 2.75) is 59.8 Å². The predicted octanol–water partition coefficient (Wildman–Crippen LogP) is 5.83. The lowest BCUT2D eigenvalue weighted by molar-refractivity contribution is 0.0318. The molecule has 0 amide bonds. The topological polar surface area (TPSA) is 69.0 Å². The Morgan fingerprint density at radius 1 is 1.00 bits per heavy atom. The standard InChI is InChI=1S/C28H32N4O2/c1-18-14-19(2)29-26(15-18)21(4)31-33-16-28(12-13-28)17-34-32-25-11-7-9-23-20(3)22-8-5-6-10-24(22)30-27(23)25/h5-6,8,10,14-15H,7,9,11-13,16-17H2,1-4H3. The van der Waals surface area contributed by atoms with E-state index in [1.807, 2.05) is 26.0 Å². The van der Waals surface area contributed by atoms with Crippen LogP contribution in [0.15, 0.2) is 46.7 Å². The molecule has 6 heteroatoms. The van der Waals surface area contributed by atoms with Crippen molar-refractivity contribution in [3.05, 3.63) is 70.2 Å². The molecule has 1 saturated carbocycles. The summed E-state index contributed by atoms with van der Waals surface area (Å²) >= 11 is 0. The first kappa shape index (κ1) is 22.5. The number of hydrogen-bond donors (Lipinski definition) is 0. The maximum absolute atomic E-state index is 5.89. The van der Waals surface area contributed by atoms with Crippen LogP contribution in [0.5, 0.6) is 0 Å². The molecule has 1 fully saturated rings. The van der Waals surface area contributed by atoms with Crippen molar-refractivity contribution in [3.8, 4) is 0 Å². The number of oxime groups is 2. The second kappa shape index (κ2) is 9.16. The maximum atomic E-state index is 5.89. The lowest BCUT2D eigenvalue weighted by Crippen LogP contribution is -2.19. The second-order valence-electron chi connectivity index (χ2n) is 9.87. The normalized spacial score (nSPS) is 18.1. The van der Waals surface area contributed by atoms with Gasteiger partial charge in [0.25, 0.3) is 0 Å². The van der Waals surface area contributed by atoms with Crippen LogP contribution in [-0.2, 0) is 16.1 Å². The predicted molar refractivity (Wildman–Crippen MR) is 135 cm³/mol. The number of pyridine rings is 2. The summed E-state index contributed by atoms with van der Waals surface area (Å²) in [6.07, 6.45) is 5.14. The highest BCUT2D eigenvalue weighted by molar-refractivity contribution is 6.03. The molecule has 2 aliphatic rings. The van der Waals surface area contributed by atoms with Crippen molar-refractivity contribution in [2.75, 3.05) is 13.2 Å². The Labute approximate surface area is 201 Å². The van der Waals surface area contributed by atoms with Gasteiger partial charge in [0.1, 0.15) is 24.6 Å². The molecule has 0 bridgehead atoms. The summed E-state index contributed by atoms with van der Waals surface area (Å²) in [4.78, 5) is 21.1. The van der Waals surface area contributed by atoms with Crippen molar-refractivity contribution in [1.82, 2.24) is 9.97 Å². The molecule has 2 heterocycles. The molecule has 0 unspecified atom stereocenters. The van der Waals surface area contributed by atoms with Gasteiger partial charge >= 0.3 is 0 Å². The van der Waals surface area contributed by atoms with Crippen LogP contribution in [0, 0.1) is 26.2 Å². The second-order valence-corrected chi connectivity index (χ2v) is 9.87. The van der Waals surface area contributed by atoms with Crippen molar-refractivity contribution in [1.29, 1.82) is 0 Å². The zero-order valence-electron chi connectivity index (χ0n) is 20.5. The van der Waals surface area contributed by atoms with E-state index in [2.05, 4.69) is 53.4 Å². The van der Waals surface area contributed by atoms with E-state index in [-0.39, 0.29) is 5.41 Å². The summed E-state index contributed by atoms with van der Waals surface area (Å²) in [5.74, 6) is 0. The van der Waals surface area contributed by atoms with E-state index in [9.17, 15) is 0 Å². The molecule has 0 atom stereocenters. The van der Waals surface area contributed by atoms with Crippen molar-refractivity contribution < 1.29 is 9.68 Å². The van der Waals surface area contributed by atoms with Gasteiger partial charge in [0.2, 0.25) is 0 Å². The van der Waals surface area contributed by atoms with E-state index < -0.39 is 0 Å². The SMILES string of the molecule is CC(=NOCC1(CON=C2CCCc3c2nc2ccccc2c3C)CC1)c1cc(C)cc(C)n1. The fraction of sp³-hybridized carbons (Fsp3) is 0.429. The average Bonchev–Trinajstić information content (AvgIpc) is 3.59. The summed E-state index contributed by atoms with van der Waals surface area (Å²) in [6.45, 7) is 9.25. The number of aromatic nitrogens is 2. The van der Waals surface area contributed by atoms with Crippen molar-refractivity contribution >= 4 is 22.3 Å². The number of rotatable bonds is 7. The molecule has 3 aromatic rings. The van der Waals surface area contributed by atoms with E-state index in [4.69, 9.17) is 14.7 Å². The highest BCUT2D eigenvalue weighted by atomic mass is 16.6. The zero-order valence-corrected chi connectivity index (χ0v) is 20.5. The van der Waals surface area contributed by atoms with Crippen LogP contribution in [0.1, 0.15) is 66.4 Å². The third-order valence-electron chi connectivity index (χ3n) is 6.94. The van der Waals surface area contributed by atoms with Crippen LogP contribution in [0.25, 0.3) is 10.9 Å². The molecule has 176 valence electrons. The molecule has 6 nitrogen and oxygen atoms in total. The van der Waals surface area contributed by atoms with Gasteiger partial charge in [-0.1, -0.05) is 28.5 Å². The number of fused-ring (bicyclic) bond motifs is 2. The minimum absolute atomic E-state index is 0.00594. The summed E-state index contributed by atoms with van der Waals surface area (Å²) in [5, 5.41) is 10.1. The molecule has 5 rings (SSSR count). The lowest BCUT2D eigenvalue weighted by Gasteiger charge is -2.20. The monoisotopic (exact) mass is 456 g/mol. The molecule has 34 heavy (non-hydrogen) atoms. The molecule has 2 aromatic heterocycles. The quantitative estimate of drug-likeness (QED) is 0.331. The van der Waals surface area contributed by atoms with E-state index in [0.717, 1.165) is 66.1 Å². The fourth-order valence-electron chi connectivity index (χ4n) is 4.69. The number of para-hydroxylation sites is 1. The first-order valence-corrected chi connectivity index (χ1v) is 12.1. The Morgan fingerprint density at radius 2 is 1.79 bits per heavy atom. The molecule has 0 saturated heterocycles. The zero-order chi connectivity index (χ0) is 23.7. The van der Waals surface area contributed by atoms with Gasteiger partial charge in [-0.3, -0.25) is 4.98 Å². The molecule has 1 aromatic carbocycles. The largest absolute Gasteiger partial charge is 0.395 e. The van der Waals surface area contributed by atoms with Crippen molar-refractivity contribution in [3.63, 3.8) is 0 Å². The Bertz CT molecular complexity index is 1270. The lowest BCUT2D eigenvalue weighted by atomic mass is 9.89. The first-order chi connectivity index (χ1) is 16.4. The number of benzene rings is 1. The van der Waals surface area contributed by atoms with E-state index in [1.165, 1.54) is 22.1 Å². The fourth-order valence-corrected chi connectivity index (χ4v) is 4.69. The minimum atomic E-state index is -0.00594. The van der Waals surface area contributed by atoms with Gasteiger partial charge in [-0.25, -0.2) is 4.98 Å². The Kier molecular flexibility index (Phi) is 6.07. The Hall–Kier alpha value is -3.28. The molecule has 0 N–H and O–H groups in total. The molecule has 0 spiro atoms. The highest BCUT2D eigenvalue weighted by Crippen LogP contribution is 2.46. The molecule has 0 aliphatic heterocycles. The van der Waals surface area contributed by atoms with Gasteiger partial charge in [-0.2, -0.15) is 0 Å². The minimum Gasteiger partial charge on any atom is -0.395 e. The molecular weight excluding hydrogens is 424 g/mol. The van der Waals surface area contributed by atoms with Gasteiger partial charge in [0.05, 0.1) is 16.9 Å². The Morgan fingerprint density at radius 3 is 2.59 bits per heavy atom. The number of nitrogens with zero attached hydrogens (tertiary/aromatic N) is 4. The smallest absolute Gasteiger partial charge is 0.126 e. The summed E-state index contributed by atoms with van der Waals surface area (Å²) in [6, 6.07) is 12.4. The summed E-state index contributed by atoms with van der Waals surface area (Å²) in [7, 11) is 0. The van der Waals surface area contributed by atoms with Crippen LogP contribution in [-0.4, -0.2) is 34.6 Å². The van der Waals surface area contributed by atoms with Gasteiger partial charge < -0.3 is 9.68 Å². The van der Waals surface area contributed by atoms with Crippen LogP contribution in [0.3, 0.4) is 0 Å². The third-order valence-corrected chi connectivity index (χ3v) is 6.94. The van der Waals surface area contributed by atoms with Crippen molar-refractivity contribution in [2.24, 2.45) is 15.7 Å². The van der Waals surface area contributed by atoms with Crippen LogP contribution in [0.2, 0.25) is 0 Å². The van der Waals surface area contributed by atoms with E-state index in [1.54, 1.807) is 0 Å². The van der Waals surface area contributed by atoms with Crippen LogP contribution in [0.4, 0.5) is 0 Å². The molecular formula is C28H32N4O2. The number of aryl methyl sites for hydroxylation is 3. The summed E-state index contributed by atoms with van der Waals surface area (Å²) in [5.41, 5.74) is 9.40. The van der Waals surface area contributed by atoms with Gasteiger partial charge in [-0.05, 0) is 94.7 Å². The highest BCUT2D eigenvalue weighted by Gasteiger charge is 2.45. The van der Waals surface area contributed by atoms with Gasteiger partial charge in [0.15, 0.2) is 0 Å². The molecule has 0 radical (unpaired) electrons. The average molecular weight is 457 g/mol. The summed E-state index contributed by atoms with van der Waals surface area (Å²) < 4.78 is 0. The van der Waals surface area contributed by atoms with E-state index in [0.29, 0.717) is 13.2 Å².